The van der Waals surface area contributed by atoms with E-state index in [0.717, 1.165) is 0 Å². The molecule has 9 nitrogen and oxygen atoms in total. The predicted octanol–water partition coefficient (Wildman–Crippen LogP) is 0.228. The number of carboxylic acids is 1. The Morgan fingerprint density at radius 2 is 1.96 bits per heavy atom. The van der Waals surface area contributed by atoms with Crippen LogP contribution in [0, 0.1) is 0 Å². The third-order valence-corrected chi connectivity index (χ3v) is 4.41. The summed E-state index contributed by atoms with van der Waals surface area (Å²) in [5, 5.41) is 9.00. The van der Waals surface area contributed by atoms with Gasteiger partial charge in [-0.05, 0) is 19.9 Å². The van der Waals surface area contributed by atoms with Crippen LogP contribution in [0.5, 0.6) is 0 Å². The van der Waals surface area contributed by atoms with Crippen LogP contribution in [-0.2, 0) is 21.2 Å². The molecule has 2 heterocycles. The predicted molar refractivity (Wildman–Crippen MR) is 80.1 cm³/mol. The van der Waals surface area contributed by atoms with Gasteiger partial charge in [-0.1, -0.05) is 0 Å². The van der Waals surface area contributed by atoms with Gasteiger partial charge < -0.3 is 9.67 Å². The molecule has 2 rings (SSSR count). The lowest BCUT2D eigenvalue weighted by Gasteiger charge is -2.12. The summed E-state index contributed by atoms with van der Waals surface area (Å²) in [6.07, 6.45) is 5.49. The van der Waals surface area contributed by atoms with E-state index in [-0.39, 0.29) is 23.3 Å². The Balaban J connectivity index is 2.19. The number of imidazole rings is 1. The standard InChI is InChI=1S/C13H17N5O4S/c1-9(2)18-7-12(16-8-18)23(21,22)17-10(13(19)20)6-11-14-4-3-5-15-11/h3-5,7-10,17H,6H2,1-2H3,(H,19,20). The van der Waals surface area contributed by atoms with Crippen LogP contribution in [0.15, 0.2) is 36.0 Å². The van der Waals surface area contributed by atoms with Gasteiger partial charge in [0.1, 0.15) is 11.9 Å². The molecule has 0 saturated carbocycles. The largest absolute Gasteiger partial charge is 0.480 e. The molecular weight excluding hydrogens is 322 g/mol. The summed E-state index contributed by atoms with van der Waals surface area (Å²) in [6.45, 7) is 3.75. The van der Waals surface area contributed by atoms with Gasteiger partial charge >= 0.3 is 5.97 Å². The molecule has 0 radical (unpaired) electrons. The Morgan fingerprint density at radius 3 is 2.48 bits per heavy atom. The van der Waals surface area contributed by atoms with Crippen molar-refractivity contribution in [2.45, 2.75) is 37.4 Å². The number of nitrogens with one attached hydrogen (secondary N) is 1. The molecule has 0 fully saturated rings. The fraction of sp³-hybridized carbons (Fsp3) is 0.385. The van der Waals surface area contributed by atoms with Crippen LogP contribution in [0.4, 0.5) is 0 Å². The molecule has 0 aliphatic carbocycles. The van der Waals surface area contributed by atoms with E-state index in [9.17, 15) is 18.3 Å². The first-order chi connectivity index (χ1) is 10.8. The molecular formula is C13H17N5O4S. The van der Waals surface area contributed by atoms with E-state index < -0.39 is 22.0 Å². The SMILES string of the molecule is CC(C)n1cnc(S(=O)(=O)NC(Cc2ncccn2)C(=O)O)c1. The molecule has 10 heteroatoms. The van der Waals surface area contributed by atoms with Gasteiger partial charge in [-0.25, -0.2) is 23.4 Å². The fourth-order valence-electron chi connectivity index (χ4n) is 1.78. The molecule has 23 heavy (non-hydrogen) atoms. The highest BCUT2D eigenvalue weighted by atomic mass is 32.2. The highest BCUT2D eigenvalue weighted by Crippen LogP contribution is 2.11. The first-order valence-corrected chi connectivity index (χ1v) is 8.32. The van der Waals surface area contributed by atoms with Crippen molar-refractivity contribution in [1.82, 2.24) is 24.2 Å². The molecule has 0 saturated heterocycles. The molecule has 1 atom stereocenters. The average Bonchev–Trinajstić information content (AvgIpc) is 2.98. The molecule has 0 amide bonds. The van der Waals surface area contributed by atoms with Crippen molar-refractivity contribution in [3.8, 4) is 0 Å². The van der Waals surface area contributed by atoms with E-state index in [1.807, 2.05) is 13.8 Å². The number of nitrogens with zero attached hydrogens (tertiary/aromatic N) is 4. The Labute approximate surface area is 133 Å². The maximum absolute atomic E-state index is 12.3. The molecule has 1 unspecified atom stereocenters. The van der Waals surface area contributed by atoms with Crippen LogP contribution < -0.4 is 4.72 Å². The van der Waals surface area contributed by atoms with Gasteiger partial charge in [-0.15, -0.1) is 0 Å². The van der Waals surface area contributed by atoms with Crippen molar-refractivity contribution < 1.29 is 18.3 Å². The van der Waals surface area contributed by atoms with E-state index in [4.69, 9.17) is 0 Å². The third kappa shape index (κ3) is 4.33. The lowest BCUT2D eigenvalue weighted by Crippen LogP contribution is -2.42. The fourth-order valence-corrected chi connectivity index (χ4v) is 2.91. The topological polar surface area (TPSA) is 127 Å². The number of carbonyl (C=O) groups is 1. The van der Waals surface area contributed by atoms with Gasteiger partial charge in [0.05, 0.1) is 6.33 Å². The Hall–Kier alpha value is -2.33. The number of aliphatic carboxylic acids is 1. The van der Waals surface area contributed by atoms with E-state index >= 15 is 0 Å². The van der Waals surface area contributed by atoms with Crippen LogP contribution in [0.25, 0.3) is 0 Å². The Bertz CT molecular complexity index is 773. The molecule has 2 aromatic heterocycles. The first-order valence-electron chi connectivity index (χ1n) is 6.84. The van der Waals surface area contributed by atoms with Crippen LogP contribution in [0.1, 0.15) is 25.7 Å². The van der Waals surface area contributed by atoms with Gasteiger partial charge in [0.15, 0.2) is 5.03 Å². The van der Waals surface area contributed by atoms with Crippen molar-refractivity contribution in [1.29, 1.82) is 0 Å². The number of rotatable bonds is 7. The second kappa shape index (κ2) is 6.84. The van der Waals surface area contributed by atoms with Crippen LogP contribution >= 0.6 is 0 Å². The van der Waals surface area contributed by atoms with Crippen LogP contribution in [-0.4, -0.2) is 45.1 Å². The second-order valence-corrected chi connectivity index (χ2v) is 6.79. The molecule has 0 bridgehead atoms. The quantitative estimate of drug-likeness (QED) is 0.739. The monoisotopic (exact) mass is 339 g/mol. The zero-order valence-electron chi connectivity index (χ0n) is 12.6. The highest BCUT2D eigenvalue weighted by molar-refractivity contribution is 7.89. The minimum Gasteiger partial charge on any atom is -0.480 e. The zero-order valence-corrected chi connectivity index (χ0v) is 13.4. The summed E-state index contributed by atoms with van der Waals surface area (Å²) >= 11 is 0. The number of sulfonamides is 1. The van der Waals surface area contributed by atoms with E-state index in [1.54, 1.807) is 10.6 Å². The second-order valence-electron chi connectivity index (χ2n) is 5.13. The van der Waals surface area contributed by atoms with Crippen molar-refractivity contribution in [3.63, 3.8) is 0 Å². The molecule has 2 N–H and O–H groups in total. The number of aromatic nitrogens is 4. The molecule has 0 spiro atoms. The average molecular weight is 339 g/mol. The number of hydrogen-bond acceptors (Lipinski definition) is 6. The van der Waals surface area contributed by atoms with Gasteiger partial charge in [0, 0.05) is 31.1 Å². The third-order valence-electron chi connectivity index (χ3n) is 3.05. The van der Waals surface area contributed by atoms with E-state index in [2.05, 4.69) is 19.7 Å². The van der Waals surface area contributed by atoms with Crippen molar-refractivity contribution in [3.05, 3.63) is 36.8 Å². The lowest BCUT2D eigenvalue weighted by atomic mass is 10.2. The maximum atomic E-state index is 12.3. The van der Waals surface area contributed by atoms with Crippen molar-refractivity contribution in [2.75, 3.05) is 0 Å². The number of carboxylic acid groups (broad SMARTS) is 1. The van der Waals surface area contributed by atoms with Gasteiger partial charge in [0.25, 0.3) is 10.0 Å². The Morgan fingerprint density at radius 1 is 1.30 bits per heavy atom. The summed E-state index contributed by atoms with van der Waals surface area (Å²) < 4.78 is 28.3. The lowest BCUT2D eigenvalue weighted by molar-refractivity contribution is -0.138. The normalized spacial score (nSPS) is 13.2. The molecule has 0 aliphatic rings. The first kappa shape index (κ1) is 17.0. The van der Waals surface area contributed by atoms with E-state index in [0.29, 0.717) is 0 Å². The number of hydrogen-bond donors (Lipinski definition) is 2. The highest BCUT2D eigenvalue weighted by Gasteiger charge is 2.28. The smallest absolute Gasteiger partial charge is 0.322 e. The summed E-state index contributed by atoms with van der Waals surface area (Å²) in [5.41, 5.74) is 0. The molecule has 124 valence electrons. The summed E-state index contributed by atoms with van der Waals surface area (Å²) in [4.78, 5) is 22.9. The van der Waals surface area contributed by atoms with E-state index in [1.165, 1.54) is 24.9 Å². The van der Waals surface area contributed by atoms with Gasteiger partial charge in [-0.2, -0.15) is 4.72 Å². The Kier molecular flexibility index (Phi) is 5.06. The minimum absolute atomic E-state index is 0.0411. The van der Waals surface area contributed by atoms with Crippen molar-refractivity contribution >= 4 is 16.0 Å². The maximum Gasteiger partial charge on any atom is 0.322 e. The molecule has 0 aliphatic heterocycles. The summed E-state index contributed by atoms with van der Waals surface area (Å²) in [6, 6.07) is 0.244. The molecule has 2 aromatic rings. The van der Waals surface area contributed by atoms with Crippen LogP contribution in [0.3, 0.4) is 0 Å². The zero-order chi connectivity index (χ0) is 17.0. The molecule has 0 aromatic carbocycles. The van der Waals surface area contributed by atoms with Gasteiger partial charge in [-0.3, -0.25) is 4.79 Å². The summed E-state index contributed by atoms with van der Waals surface area (Å²) in [7, 11) is -4.06. The van der Waals surface area contributed by atoms with Crippen LogP contribution in [0.2, 0.25) is 0 Å². The summed E-state index contributed by atoms with van der Waals surface area (Å²) in [5.74, 6) is -1.08. The minimum atomic E-state index is -4.06. The van der Waals surface area contributed by atoms with Gasteiger partial charge in [0.2, 0.25) is 0 Å². The van der Waals surface area contributed by atoms with Crippen molar-refractivity contribution in [2.24, 2.45) is 0 Å².